The zero-order chi connectivity index (χ0) is 18.9. The second-order valence-corrected chi connectivity index (χ2v) is 8.32. The molecule has 1 N–H and O–H groups in total. The van der Waals surface area contributed by atoms with Crippen molar-refractivity contribution >= 4 is 16.5 Å². The van der Waals surface area contributed by atoms with Crippen molar-refractivity contribution in [1.29, 1.82) is 0 Å². The van der Waals surface area contributed by atoms with Gasteiger partial charge in [-0.05, 0) is 79.5 Å². The zero-order valence-electron chi connectivity index (χ0n) is 16.3. The predicted molar refractivity (Wildman–Crippen MR) is 114 cm³/mol. The lowest BCUT2D eigenvalue weighted by Gasteiger charge is -2.29. The number of aromatic nitrogens is 1. The van der Waals surface area contributed by atoms with E-state index in [-0.39, 0.29) is 5.82 Å². The molecule has 3 aromatic rings. The molecule has 0 saturated heterocycles. The molecule has 5 rings (SSSR count). The highest BCUT2D eigenvalue weighted by atomic mass is 19.1. The Morgan fingerprint density at radius 3 is 2.79 bits per heavy atom. The molecule has 2 aromatic carbocycles. The standard InChI is InChI=1S/C25H27FN2/c26-21-7-8-22-23-16-18(6-9-24(23)27-25(22)17-21)10-13-28-14-11-20(12-15-28)19-4-2-1-3-5-19/h1-5,7-8,11,17-18,27H,6,9-10,12-16H2. The Morgan fingerprint density at radius 1 is 1.07 bits per heavy atom. The number of aryl methyl sites for hydroxylation is 1. The van der Waals surface area contributed by atoms with Crippen molar-refractivity contribution in [3.63, 3.8) is 0 Å². The minimum atomic E-state index is -0.157. The van der Waals surface area contributed by atoms with Crippen LogP contribution in [0.4, 0.5) is 4.39 Å². The van der Waals surface area contributed by atoms with Crippen LogP contribution in [0.25, 0.3) is 16.5 Å². The number of nitrogens with zero attached hydrogens (tertiary/aromatic N) is 1. The van der Waals surface area contributed by atoms with Crippen LogP contribution in [0.2, 0.25) is 0 Å². The molecule has 0 fully saturated rings. The van der Waals surface area contributed by atoms with Crippen molar-refractivity contribution in [3.05, 3.63) is 77.2 Å². The number of fused-ring (bicyclic) bond motifs is 3. The number of rotatable bonds is 4. The number of aromatic amines is 1. The van der Waals surface area contributed by atoms with E-state index in [2.05, 4.69) is 46.3 Å². The minimum absolute atomic E-state index is 0.157. The Balaban J connectivity index is 1.20. The van der Waals surface area contributed by atoms with Gasteiger partial charge in [0.15, 0.2) is 0 Å². The first-order valence-corrected chi connectivity index (χ1v) is 10.5. The van der Waals surface area contributed by atoms with Gasteiger partial charge < -0.3 is 4.98 Å². The third-order valence-electron chi connectivity index (χ3n) is 6.54. The molecule has 2 aliphatic rings. The lowest BCUT2D eigenvalue weighted by molar-refractivity contribution is 0.265. The van der Waals surface area contributed by atoms with Gasteiger partial charge in [-0.25, -0.2) is 4.39 Å². The van der Waals surface area contributed by atoms with E-state index in [9.17, 15) is 4.39 Å². The Morgan fingerprint density at radius 2 is 1.96 bits per heavy atom. The molecule has 1 aromatic heterocycles. The van der Waals surface area contributed by atoms with Gasteiger partial charge in [-0.15, -0.1) is 0 Å². The van der Waals surface area contributed by atoms with Crippen molar-refractivity contribution in [3.8, 4) is 0 Å². The highest BCUT2D eigenvalue weighted by molar-refractivity contribution is 5.85. The summed E-state index contributed by atoms with van der Waals surface area (Å²) in [5.41, 5.74) is 6.57. The van der Waals surface area contributed by atoms with E-state index in [1.165, 1.54) is 47.2 Å². The molecule has 2 heterocycles. The molecule has 1 aliphatic heterocycles. The van der Waals surface area contributed by atoms with Crippen molar-refractivity contribution in [2.75, 3.05) is 19.6 Å². The number of hydrogen-bond acceptors (Lipinski definition) is 1. The van der Waals surface area contributed by atoms with Crippen LogP contribution in [0.1, 0.15) is 36.1 Å². The predicted octanol–water partition coefficient (Wildman–Crippen LogP) is 5.59. The van der Waals surface area contributed by atoms with E-state index in [0.717, 1.165) is 43.8 Å². The molecule has 0 bridgehead atoms. The maximum absolute atomic E-state index is 13.5. The lowest BCUT2D eigenvalue weighted by atomic mass is 9.84. The molecule has 2 nitrogen and oxygen atoms in total. The Labute approximate surface area is 166 Å². The second-order valence-electron chi connectivity index (χ2n) is 8.32. The number of hydrogen-bond donors (Lipinski definition) is 1. The molecule has 1 unspecified atom stereocenters. The van der Waals surface area contributed by atoms with Crippen molar-refractivity contribution in [2.45, 2.75) is 32.1 Å². The average Bonchev–Trinajstić information content (AvgIpc) is 3.10. The van der Waals surface area contributed by atoms with E-state index in [1.54, 1.807) is 12.1 Å². The Kier molecular flexibility index (Phi) is 4.77. The summed E-state index contributed by atoms with van der Waals surface area (Å²) in [7, 11) is 0. The smallest absolute Gasteiger partial charge is 0.125 e. The molecule has 28 heavy (non-hydrogen) atoms. The zero-order valence-corrected chi connectivity index (χ0v) is 16.3. The number of H-pyrrole nitrogens is 1. The Hall–Kier alpha value is -2.39. The highest BCUT2D eigenvalue weighted by Crippen LogP contribution is 2.33. The third-order valence-corrected chi connectivity index (χ3v) is 6.54. The van der Waals surface area contributed by atoms with E-state index < -0.39 is 0 Å². The van der Waals surface area contributed by atoms with Crippen LogP contribution in [0, 0.1) is 11.7 Å². The minimum Gasteiger partial charge on any atom is -0.358 e. The van der Waals surface area contributed by atoms with Crippen LogP contribution < -0.4 is 0 Å². The van der Waals surface area contributed by atoms with Crippen molar-refractivity contribution in [1.82, 2.24) is 9.88 Å². The van der Waals surface area contributed by atoms with E-state index in [0.29, 0.717) is 0 Å². The maximum atomic E-state index is 13.5. The van der Waals surface area contributed by atoms with Crippen molar-refractivity contribution < 1.29 is 4.39 Å². The topological polar surface area (TPSA) is 19.0 Å². The van der Waals surface area contributed by atoms with Crippen molar-refractivity contribution in [2.24, 2.45) is 5.92 Å². The van der Waals surface area contributed by atoms with E-state index in [4.69, 9.17) is 0 Å². The monoisotopic (exact) mass is 374 g/mol. The largest absolute Gasteiger partial charge is 0.358 e. The fourth-order valence-corrected chi connectivity index (χ4v) is 4.91. The van der Waals surface area contributed by atoms with E-state index >= 15 is 0 Å². The van der Waals surface area contributed by atoms with Crippen LogP contribution in [-0.4, -0.2) is 29.5 Å². The van der Waals surface area contributed by atoms with Gasteiger partial charge in [-0.3, -0.25) is 4.90 Å². The summed E-state index contributed by atoms with van der Waals surface area (Å²) in [5, 5.41) is 1.22. The fourth-order valence-electron chi connectivity index (χ4n) is 4.91. The normalized spacial score (nSPS) is 20.2. The van der Waals surface area contributed by atoms with Gasteiger partial charge in [-0.2, -0.15) is 0 Å². The van der Waals surface area contributed by atoms with Crippen LogP contribution >= 0.6 is 0 Å². The first kappa shape index (κ1) is 17.7. The summed E-state index contributed by atoms with van der Waals surface area (Å²) in [6.45, 7) is 3.40. The van der Waals surface area contributed by atoms with Crippen LogP contribution in [0.3, 0.4) is 0 Å². The molecule has 144 valence electrons. The summed E-state index contributed by atoms with van der Waals surface area (Å²) < 4.78 is 13.5. The maximum Gasteiger partial charge on any atom is 0.125 e. The molecular formula is C25H27FN2. The quantitative estimate of drug-likeness (QED) is 0.630. The van der Waals surface area contributed by atoms with Gasteiger partial charge in [0.2, 0.25) is 0 Å². The molecule has 0 spiro atoms. The number of halogens is 1. The molecule has 0 radical (unpaired) electrons. The summed E-state index contributed by atoms with van der Waals surface area (Å²) in [6, 6.07) is 15.9. The molecular weight excluding hydrogens is 347 g/mol. The van der Waals surface area contributed by atoms with Gasteiger partial charge in [0.25, 0.3) is 0 Å². The lowest BCUT2D eigenvalue weighted by Crippen LogP contribution is -2.31. The van der Waals surface area contributed by atoms with Gasteiger partial charge in [0, 0.05) is 29.7 Å². The van der Waals surface area contributed by atoms with E-state index in [1.807, 2.05) is 6.07 Å². The summed E-state index contributed by atoms with van der Waals surface area (Å²) in [4.78, 5) is 6.03. The van der Waals surface area contributed by atoms with Crippen LogP contribution in [0.15, 0.2) is 54.6 Å². The average molecular weight is 375 g/mol. The molecule has 3 heteroatoms. The SMILES string of the molecule is Fc1ccc2c3c([nH]c2c1)CCC(CCN1CC=C(c2ccccc2)CC1)C3. The first-order valence-electron chi connectivity index (χ1n) is 10.5. The molecule has 0 saturated carbocycles. The van der Waals surface area contributed by atoms with Crippen LogP contribution in [0.5, 0.6) is 0 Å². The first-order chi connectivity index (χ1) is 13.8. The van der Waals surface area contributed by atoms with Gasteiger partial charge in [0.05, 0.1) is 0 Å². The van der Waals surface area contributed by atoms with Gasteiger partial charge in [0.1, 0.15) is 5.82 Å². The molecule has 0 amide bonds. The third kappa shape index (κ3) is 3.51. The van der Waals surface area contributed by atoms with Gasteiger partial charge >= 0.3 is 0 Å². The van der Waals surface area contributed by atoms with Crippen LogP contribution in [-0.2, 0) is 12.8 Å². The molecule has 1 atom stereocenters. The second kappa shape index (κ2) is 7.56. The number of nitrogens with one attached hydrogen (secondary N) is 1. The summed E-state index contributed by atoms with van der Waals surface area (Å²) in [5.74, 6) is 0.576. The Bertz CT molecular complexity index is 1000. The summed E-state index contributed by atoms with van der Waals surface area (Å²) in [6.07, 6.45) is 8.26. The highest BCUT2D eigenvalue weighted by Gasteiger charge is 2.23. The summed E-state index contributed by atoms with van der Waals surface area (Å²) >= 11 is 0. The molecule has 1 aliphatic carbocycles. The fraction of sp³-hybridized carbons (Fsp3) is 0.360. The van der Waals surface area contributed by atoms with Gasteiger partial charge in [-0.1, -0.05) is 36.4 Å². The number of benzene rings is 2.